The minimum atomic E-state index is 0.490. The summed E-state index contributed by atoms with van der Waals surface area (Å²) < 4.78 is 5.73. The summed E-state index contributed by atoms with van der Waals surface area (Å²) in [5.41, 5.74) is 9.25. The van der Waals surface area contributed by atoms with E-state index in [2.05, 4.69) is 15.2 Å². The number of fused-ring (bicyclic) bond motifs is 1. The highest BCUT2D eigenvalue weighted by atomic mass is 16.3. The number of anilines is 1. The summed E-state index contributed by atoms with van der Waals surface area (Å²) in [6, 6.07) is 7.73. The number of benzene rings is 1. The molecule has 18 heavy (non-hydrogen) atoms. The van der Waals surface area contributed by atoms with Crippen molar-refractivity contribution in [2.24, 2.45) is 0 Å². The SMILES string of the molecule is Nc1cc(-c2ccc3oc(C4CC4)nc3c2)[nH]n1. The smallest absolute Gasteiger partial charge is 0.198 e. The van der Waals surface area contributed by atoms with Crippen molar-refractivity contribution >= 4 is 16.9 Å². The van der Waals surface area contributed by atoms with Gasteiger partial charge in [-0.15, -0.1) is 0 Å². The van der Waals surface area contributed by atoms with Gasteiger partial charge in [0.1, 0.15) is 11.3 Å². The molecule has 1 aromatic carbocycles. The van der Waals surface area contributed by atoms with Crippen molar-refractivity contribution in [3.8, 4) is 11.3 Å². The van der Waals surface area contributed by atoms with E-state index in [0.717, 1.165) is 28.2 Å². The molecule has 0 spiro atoms. The lowest BCUT2D eigenvalue weighted by atomic mass is 10.1. The minimum absolute atomic E-state index is 0.490. The Hall–Kier alpha value is -2.30. The highest BCUT2D eigenvalue weighted by molar-refractivity contribution is 5.79. The number of H-pyrrole nitrogens is 1. The van der Waals surface area contributed by atoms with Crippen molar-refractivity contribution in [3.63, 3.8) is 0 Å². The molecule has 3 N–H and O–H groups in total. The number of nitrogens with two attached hydrogens (primary N) is 1. The number of nitrogen functional groups attached to an aromatic ring is 1. The Morgan fingerprint density at radius 3 is 2.89 bits per heavy atom. The molecule has 1 aliphatic carbocycles. The van der Waals surface area contributed by atoms with Gasteiger partial charge in [-0.25, -0.2) is 4.98 Å². The second kappa shape index (κ2) is 3.35. The highest BCUT2D eigenvalue weighted by Gasteiger charge is 2.28. The third-order valence-corrected chi connectivity index (χ3v) is 3.24. The van der Waals surface area contributed by atoms with Crippen LogP contribution in [0.15, 0.2) is 28.7 Å². The van der Waals surface area contributed by atoms with Gasteiger partial charge in [0.25, 0.3) is 0 Å². The standard InChI is InChI=1S/C13H12N4O/c14-12-6-9(16-17-12)8-3-4-11-10(5-8)15-13(18-11)7-1-2-7/h3-7H,1-2H2,(H3,14,16,17). The summed E-state index contributed by atoms with van der Waals surface area (Å²) in [5, 5.41) is 6.82. The summed E-state index contributed by atoms with van der Waals surface area (Å²) in [5.74, 6) is 1.89. The molecular weight excluding hydrogens is 228 g/mol. The fraction of sp³-hybridized carbons (Fsp3) is 0.231. The number of oxazole rings is 1. The van der Waals surface area contributed by atoms with E-state index >= 15 is 0 Å². The Morgan fingerprint density at radius 2 is 2.17 bits per heavy atom. The predicted octanol–water partition coefficient (Wildman–Crippen LogP) is 2.68. The van der Waals surface area contributed by atoms with E-state index < -0.39 is 0 Å². The predicted molar refractivity (Wildman–Crippen MR) is 68.0 cm³/mol. The minimum Gasteiger partial charge on any atom is -0.440 e. The first kappa shape index (κ1) is 9.70. The van der Waals surface area contributed by atoms with Gasteiger partial charge < -0.3 is 10.2 Å². The lowest BCUT2D eigenvalue weighted by Crippen LogP contribution is -1.81. The van der Waals surface area contributed by atoms with Crippen LogP contribution in [0.5, 0.6) is 0 Å². The van der Waals surface area contributed by atoms with Gasteiger partial charge in [0.15, 0.2) is 11.5 Å². The molecule has 0 bridgehead atoms. The molecule has 1 fully saturated rings. The van der Waals surface area contributed by atoms with Gasteiger partial charge in [-0.1, -0.05) is 0 Å². The van der Waals surface area contributed by atoms with Gasteiger partial charge in [-0.05, 0) is 31.0 Å². The van der Waals surface area contributed by atoms with Gasteiger partial charge >= 0.3 is 0 Å². The van der Waals surface area contributed by atoms with Gasteiger partial charge in [-0.2, -0.15) is 5.10 Å². The van der Waals surface area contributed by atoms with Gasteiger partial charge in [-0.3, -0.25) is 5.10 Å². The lowest BCUT2D eigenvalue weighted by molar-refractivity contribution is 0.533. The number of hydrogen-bond donors (Lipinski definition) is 2. The fourth-order valence-electron chi connectivity index (χ4n) is 2.10. The molecule has 5 nitrogen and oxygen atoms in total. The van der Waals surface area contributed by atoms with Crippen molar-refractivity contribution in [2.45, 2.75) is 18.8 Å². The maximum atomic E-state index is 5.73. The molecule has 0 saturated heterocycles. The average Bonchev–Trinajstić information content (AvgIpc) is 2.99. The summed E-state index contributed by atoms with van der Waals surface area (Å²) >= 11 is 0. The first-order valence-corrected chi connectivity index (χ1v) is 6.01. The van der Waals surface area contributed by atoms with E-state index in [1.165, 1.54) is 12.8 Å². The monoisotopic (exact) mass is 240 g/mol. The molecule has 0 atom stereocenters. The fourth-order valence-corrected chi connectivity index (χ4v) is 2.10. The molecule has 1 saturated carbocycles. The summed E-state index contributed by atoms with van der Waals surface area (Å²) in [4.78, 5) is 4.54. The third-order valence-electron chi connectivity index (χ3n) is 3.24. The van der Waals surface area contributed by atoms with Gasteiger partial charge in [0, 0.05) is 17.5 Å². The largest absolute Gasteiger partial charge is 0.440 e. The van der Waals surface area contributed by atoms with Crippen molar-refractivity contribution < 1.29 is 4.42 Å². The van der Waals surface area contributed by atoms with E-state index in [-0.39, 0.29) is 0 Å². The lowest BCUT2D eigenvalue weighted by Gasteiger charge is -1.95. The van der Waals surface area contributed by atoms with E-state index in [1.807, 2.05) is 24.3 Å². The van der Waals surface area contributed by atoms with Crippen LogP contribution < -0.4 is 5.73 Å². The quantitative estimate of drug-likeness (QED) is 0.721. The molecule has 0 unspecified atom stereocenters. The van der Waals surface area contributed by atoms with Crippen LogP contribution in [-0.4, -0.2) is 15.2 Å². The maximum Gasteiger partial charge on any atom is 0.198 e. The molecule has 0 radical (unpaired) electrons. The Balaban J connectivity index is 1.82. The number of nitrogens with zero attached hydrogens (tertiary/aromatic N) is 2. The first-order chi connectivity index (χ1) is 8.79. The summed E-state index contributed by atoms with van der Waals surface area (Å²) in [6.45, 7) is 0. The second-order valence-electron chi connectivity index (χ2n) is 4.72. The maximum absolute atomic E-state index is 5.73. The number of rotatable bonds is 2. The molecule has 90 valence electrons. The Bertz CT molecular complexity index is 724. The zero-order valence-electron chi connectivity index (χ0n) is 9.68. The van der Waals surface area contributed by atoms with Crippen molar-refractivity contribution in [2.75, 3.05) is 5.73 Å². The van der Waals surface area contributed by atoms with E-state index in [1.54, 1.807) is 0 Å². The summed E-state index contributed by atoms with van der Waals surface area (Å²) in [6.07, 6.45) is 2.38. The van der Waals surface area contributed by atoms with Crippen LogP contribution in [0, 0.1) is 0 Å². The van der Waals surface area contributed by atoms with Crippen molar-refractivity contribution in [1.29, 1.82) is 0 Å². The number of aromatic amines is 1. The molecule has 1 aliphatic rings. The van der Waals surface area contributed by atoms with Crippen molar-refractivity contribution in [1.82, 2.24) is 15.2 Å². The number of nitrogens with one attached hydrogen (secondary N) is 1. The van der Waals surface area contributed by atoms with E-state index in [0.29, 0.717) is 11.7 Å². The molecule has 0 aliphatic heterocycles. The molecule has 0 amide bonds. The van der Waals surface area contributed by atoms with E-state index in [9.17, 15) is 0 Å². The molecule has 3 aromatic rings. The molecule has 2 aromatic heterocycles. The topological polar surface area (TPSA) is 80.7 Å². The highest BCUT2D eigenvalue weighted by Crippen LogP contribution is 2.40. The zero-order valence-corrected chi connectivity index (χ0v) is 9.68. The van der Waals surface area contributed by atoms with Crippen LogP contribution in [0.25, 0.3) is 22.4 Å². The normalized spacial score (nSPS) is 15.3. The van der Waals surface area contributed by atoms with Crippen LogP contribution in [0.1, 0.15) is 24.7 Å². The summed E-state index contributed by atoms with van der Waals surface area (Å²) in [7, 11) is 0. The Kier molecular flexibility index (Phi) is 1.81. The van der Waals surface area contributed by atoms with Crippen LogP contribution in [0.3, 0.4) is 0 Å². The number of aromatic nitrogens is 3. The Labute approximate surface area is 103 Å². The van der Waals surface area contributed by atoms with Crippen LogP contribution in [-0.2, 0) is 0 Å². The van der Waals surface area contributed by atoms with Crippen molar-refractivity contribution in [3.05, 3.63) is 30.2 Å². The molecule has 5 heteroatoms. The number of hydrogen-bond acceptors (Lipinski definition) is 4. The molecule has 4 rings (SSSR count). The molecule has 2 heterocycles. The second-order valence-corrected chi connectivity index (χ2v) is 4.72. The third kappa shape index (κ3) is 1.48. The zero-order chi connectivity index (χ0) is 12.1. The van der Waals surface area contributed by atoms with Crippen LogP contribution >= 0.6 is 0 Å². The van der Waals surface area contributed by atoms with Crippen LogP contribution in [0.4, 0.5) is 5.82 Å². The molecular formula is C13H12N4O. The Morgan fingerprint density at radius 1 is 1.28 bits per heavy atom. The van der Waals surface area contributed by atoms with E-state index in [4.69, 9.17) is 10.2 Å². The van der Waals surface area contributed by atoms with Gasteiger partial charge in [0.05, 0.1) is 5.69 Å². The first-order valence-electron chi connectivity index (χ1n) is 6.01. The average molecular weight is 240 g/mol. The van der Waals surface area contributed by atoms with Crippen LogP contribution in [0.2, 0.25) is 0 Å². The van der Waals surface area contributed by atoms with Gasteiger partial charge in [0.2, 0.25) is 0 Å².